The van der Waals surface area contributed by atoms with Gasteiger partial charge in [-0.2, -0.15) is 0 Å². The van der Waals surface area contributed by atoms with Crippen molar-refractivity contribution in [3.05, 3.63) is 35.9 Å². The van der Waals surface area contributed by atoms with Crippen molar-refractivity contribution in [3.63, 3.8) is 0 Å². The fraction of sp³-hybridized carbons (Fsp3) is 0.611. The molecule has 3 N–H and O–H groups in total. The van der Waals surface area contributed by atoms with Gasteiger partial charge in [0.15, 0.2) is 0 Å². The van der Waals surface area contributed by atoms with Gasteiger partial charge in [-0.15, -0.1) is 24.8 Å². The van der Waals surface area contributed by atoms with E-state index in [9.17, 15) is 9.90 Å². The summed E-state index contributed by atoms with van der Waals surface area (Å²) in [6.45, 7) is 3.79. The van der Waals surface area contributed by atoms with E-state index in [1.54, 1.807) is 0 Å². The van der Waals surface area contributed by atoms with Gasteiger partial charge in [-0.3, -0.25) is 9.69 Å². The molecule has 0 radical (unpaired) electrons. The topological polar surface area (TPSA) is 69.8 Å². The summed E-state index contributed by atoms with van der Waals surface area (Å²) in [5.74, 6) is 0.410. The molecule has 1 aliphatic heterocycles. The van der Waals surface area contributed by atoms with Gasteiger partial charge in [0, 0.05) is 44.7 Å². The van der Waals surface area contributed by atoms with E-state index in [-0.39, 0.29) is 42.7 Å². The fourth-order valence-corrected chi connectivity index (χ4v) is 3.67. The van der Waals surface area contributed by atoms with Gasteiger partial charge in [-0.05, 0) is 24.8 Å². The van der Waals surface area contributed by atoms with E-state index in [4.69, 9.17) is 5.73 Å². The number of piperazine rings is 1. The standard InChI is InChI=1S/C18H27N3O2.2ClH/c19-16-7-6-15(12-16)18(23)21-10-8-20(9-11-21)13-17(22)14-4-2-1-3-5-14;;/h1-5,15-17,22H,6-13,19H2;2*1H. The quantitative estimate of drug-likeness (QED) is 0.823. The van der Waals surface area contributed by atoms with Gasteiger partial charge in [0.05, 0.1) is 6.10 Å². The lowest BCUT2D eigenvalue weighted by molar-refractivity contribution is -0.137. The Morgan fingerprint density at radius 1 is 1.12 bits per heavy atom. The second kappa shape index (κ2) is 10.3. The molecule has 5 nitrogen and oxygen atoms in total. The number of β-amino-alcohol motifs (C(OH)–C–C–N with tert-alkyl or cyclic N) is 1. The molecular formula is C18H29Cl2N3O2. The number of aliphatic hydroxyl groups is 1. The van der Waals surface area contributed by atoms with Gasteiger partial charge < -0.3 is 15.7 Å². The fourth-order valence-electron chi connectivity index (χ4n) is 3.67. The van der Waals surface area contributed by atoms with Crippen LogP contribution < -0.4 is 5.73 Å². The first-order valence-electron chi connectivity index (χ1n) is 8.63. The molecular weight excluding hydrogens is 361 g/mol. The molecule has 0 aromatic heterocycles. The first-order chi connectivity index (χ1) is 11.1. The van der Waals surface area contributed by atoms with E-state index in [1.807, 2.05) is 35.2 Å². The van der Waals surface area contributed by atoms with Crippen LogP contribution in [0.1, 0.15) is 30.9 Å². The second-order valence-electron chi connectivity index (χ2n) is 6.82. The third-order valence-electron chi connectivity index (χ3n) is 5.12. The Bertz CT molecular complexity index is 524. The van der Waals surface area contributed by atoms with Gasteiger partial charge >= 0.3 is 0 Å². The summed E-state index contributed by atoms with van der Waals surface area (Å²) in [5.41, 5.74) is 6.87. The monoisotopic (exact) mass is 389 g/mol. The average Bonchev–Trinajstić information content (AvgIpc) is 3.02. The van der Waals surface area contributed by atoms with Crippen LogP contribution in [-0.2, 0) is 4.79 Å². The van der Waals surface area contributed by atoms with E-state index in [2.05, 4.69) is 4.90 Å². The van der Waals surface area contributed by atoms with Crippen molar-refractivity contribution in [3.8, 4) is 0 Å². The molecule has 1 saturated carbocycles. The molecule has 1 aliphatic carbocycles. The van der Waals surface area contributed by atoms with Gasteiger partial charge in [0.25, 0.3) is 0 Å². The van der Waals surface area contributed by atoms with Crippen molar-refractivity contribution in [2.24, 2.45) is 11.7 Å². The van der Waals surface area contributed by atoms with Crippen LogP contribution in [0.15, 0.2) is 30.3 Å². The minimum atomic E-state index is -0.466. The van der Waals surface area contributed by atoms with Gasteiger partial charge in [-0.25, -0.2) is 0 Å². The Morgan fingerprint density at radius 3 is 2.32 bits per heavy atom. The van der Waals surface area contributed by atoms with Crippen LogP contribution in [0.4, 0.5) is 0 Å². The van der Waals surface area contributed by atoms with Crippen molar-refractivity contribution in [1.82, 2.24) is 9.80 Å². The van der Waals surface area contributed by atoms with Crippen molar-refractivity contribution in [2.45, 2.75) is 31.4 Å². The number of nitrogens with zero attached hydrogens (tertiary/aromatic N) is 2. The van der Waals surface area contributed by atoms with E-state index >= 15 is 0 Å². The van der Waals surface area contributed by atoms with Gasteiger partial charge in [0.2, 0.25) is 5.91 Å². The van der Waals surface area contributed by atoms with Crippen LogP contribution in [0, 0.1) is 5.92 Å². The van der Waals surface area contributed by atoms with Crippen LogP contribution >= 0.6 is 24.8 Å². The predicted octanol–water partition coefficient (Wildman–Crippen LogP) is 1.84. The molecule has 2 fully saturated rings. The normalized spacial score (nSPS) is 25.0. The number of amides is 1. The predicted molar refractivity (Wildman–Crippen MR) is 104 cm³/mol. The van der Waals surface area contributed by atoms with E-state index in [0.717, 1.165) is 51.0 Å². The number of halogens is 2. The Labute approximate surface area is 162 Å². The molecule has 3 rings (SSSR count). The molecule has 25 heavy (non-hydrogen) atoms. The summed E-state index contributed by atoms with van der Waals surface area (Å²) in [6.07, 6.45) is 2.28. The highest BCUT2D eigenvalue weighted by molar-refractivity contribution is 5.85. The molecule has 1 amide bonds. The molecule has 7 heteroatoms. The van der Waals surface area contributed by atoms with E-state index in [1.165, 1.54) is 0 Å². The number of rotatable bonds is 4. The third kappa shape index (κ3) is 5.83. The molecule has 0 bridgehead atoms. The summed E-state index contributed by atoms with van der Waals surface area (Å²) in [5, 5.41) is 10.3. The van der Waals surface area contributed by atoms with E-state index < -0.39 is 6.10 Å². The Kier molecular flexibility index (Phi) is 9.17. The Hall–Kier alpha value is -0.850. The zero-order valence-electron chi connectivity index (χ0n) is 14.4. The summed E-state index contributed by atoms with van der Waals surface area (Å²) in [4.78, 5) is 16.7. The maximum atomic E-state index is 12.5. The first kappa shape index (κ1) is 22.2. The van der Waals surface area contributed by atoms with Crippen LogP contribution in [0.3, 0.4) is 0 Å². The van der Waals surface area contributed by atoms with E-state index in [0.29, 0.717) is 6.54 Å². The average molecular weight is 390 g/mol. The smallest absolute Gasteiger partial charge is 0.225 e. The summed E-state index contributed by atoms with van der Waals surface area (Å²) >= 11 is 0. The lowest BCUT2D eigenvalue weighted by Crippen LogP contribution is -2.51. The zero-order valence-corrected chi connectivity index (χ0v) is 16.1. The first-order valence-corrected chi connectivity index (χ1v) is 8.63. The number of aliphatic hydroxyl groups excluding tert-OH is 1. The molecule has 1 aromatic carbocycles. The van der Waals surface area contributed by atoms with Gasteiger partial charge in [0.1, 0.15) is 0 Å². The largest absolute Gasteiger partial charge is 0.387 e. The highest BCUT2D eigenvalue weighted by Crippen LogP contribution is 2.26. The molecule has 0 spiro atoms. The molecule has 3 unspecified atom stereocenters. The van der Waals surface area contributed by atoms with Crippen molar-refractivity contribution in [1.29, 1.82) is 0 Å². The molecule has 142 valence electrons. The number of hydrogen-bond donors (Lipinski definition) is 2. The lowest BCUT2D eigenvalue weighted by atomic mass is 10.1. The summed E-state index contributed by atoms with van der Waals surface area (Å²) in [6, 6.07) is 9.95. The number of benzene rings is 1. The van der Waals surface area contributed by atoms with Crippen LogP contribution in [0.5, 0.6) is 0 Å². The van der Waals surface area contributed by atoms with Crippen LogP contribution in [0.2, 0.25) is 0 Å². The SMILES string of the molecule is Cl.Cl.NC1CCC(C(=O)N2CCN(CC(O)c3ccccc3)CC2)C1. The third-order valence-corrected chi connectivity index (χ3v) is 5.12. The zero-order chi connectivity index (χ0) is 16.2. The second-order valence-corrected chi connectivity index (χ2v) is 6.82. The number of nitrogens with two attached hydrogens (primary N) is 1. The maximum absolute atomic E-state index is 12.5. The molecule has 3 atom stereocenters. The summed E-state index contributed by atoms with van der Waals surface area (Å²) in [7, 11) is 0. The van der Waals surface area contributed by atoms with Gasteiger partial charge in [-0.1, -0.05) is 30.3 Å². The number of hydrogen-bond acceptors (Lipinski definition) is 4. The molecule has 1 aromatic rings. The summed E-state index contributed by atoms with van der Waals surface area (Å²) < 4.78 is 0. The van der Waals surface area contributed by atoms with Crippen molar-refractivity contribution in [2.75, 3.05) is 32.7 Å². The number of carbonyl (C=O) groups is 1. The van der Waals surface area contributed by atoms with Crippen LogP contribution in [-0.4, -0.2) is 59.6 Å². The number of carbonyl (C=O) groups excluding carboxylic acids is 1. The molecule has 2 aliphatic rings. The minimum Gasteiger partial charge on any atom is -0.387 e. The Morgan fingerprint density at radius 2 is 1.76 bits per heavy atom. The van der Waals surface area contributed by atoms with Crippen molar-refractivity contribution >= 4 is 30.7 Å². The minimum absolute atomic E-state index is 0. The highest BCUT2D eigenvalue weighted by Gasteiger charge is 2.32. The highest BCUT2D eigenvalue weighted by atomic mass is 35.5. The van der Waals surface area contributed by atoms with Crippen LogP contribution in [0.25, 0.3) is 0 Å². The van der Waals surface area contributed by atoms with Crippen molar-refractivity contribution < 1.29 is 9.90 Å². The Balaban J connectivity index is 0.00000156. The maximum Gasteiger partial charge on any atom is 0.225 e. The lowest BCUT2D eigenvalue weighted by Gasteiger charge is -2.36. The molecule has 1 heterocycles. The molecule has 1 saturated heterocycles.